The van der Waals surface area contributed by atoms with Crippen molar-refractivity contribution in [2.24, 2.45) is 5.92 Å². The molecule has 0 aliphatic rings. The lowest BCUT2D eigenvalue weighted by Crippen LogP contribution is -2.10. The molecule has 0 unspecified atom stereocenters. The molecule has 0 N–H and O–H groups in total. The molecule has 0 rings (SSSR count). The topological polar surface area (TPSA) is 34.1 Å². The normalized spacial score (nSPS) is 13.5. The quantitative estimate of drug-likeness (QED) is 0.472. The Balaban J connectivity index is 5.32. The fourth-order valence-electron chi connectivity index (χ4n) is 1.99. The van der Waals surface area contributed by atoms with Crippen LogP contribution in [0.3, 0.4) is 0 Å². The summed E-state index contributed by atoms with van der Waals surface area (Å²) in [7, 11) is 0. The Morgan fingerprint density at radius 3 is 1.95 bits per heavy atom. The predicted octanol–water partition coefficient (Wildman–Crippen LogP) is 4.64. The average Bonchev–Trinajstić information content (AvgIpc) is 2.36. The highest BCUT2D eigenvalue weighted by molar-refractivity contribution is 5.98. The third-order valence-electron chi connectivity index (χ3n) is 3.20. The second-order valence-electron chi connectivity index (χ2n) is 5.42. The Kier molecular flexibility index (Phi) is 8.29. The Bertz CT molecular complexity index is 384. The van der Waals surface area contributed by atoms with Crippen LogP contribution in [-0.2, 0) is 9.59 Å². The number of allylic oxidation sites excluding steroid dienone is 4. The zero-order chi connectivity index (χ0) is 15.0. The molecule has 19 heavy (non-hydrogen) atoms. The molecule has 0 aliphatic heterocycles. The van der Waals surface area contributed by atoms with Crippen molar-refractivity contribution < 1.29 is 9.59 Å². The second-order valence-corrected chi connectivity index (χ2v) is 5.42. The third kappa shape index (κ3) is 6.00. The third-order valence-corrected chi connectivity index (χ3v) is 3.20. The first-order valence-electron chi connectivity index (χ1n) is 7.30. The van der Waals surface area contributed by atoms with E-state index in [2.05, 4.69) is 6.92 Å². The monoisotopic (exact) mass is 264 g/mol. The zero-order valence-corrected chi connectivity index (χ0v) is 13.3. The van der Waals surface area contributed by atoms with Gasteiger partial charge in [0.05, 0.1) is 0 Å². The molecule has 2 nitrogen and oxygen atoms in total. The first-order chi connectivity index (χ1) is 8.84. The number of hydrogen-bond acceptors (Lipinski definition) is 2. The fraction of sp³-hybridized carbons (Fsp3) is 0.647. The maximum absolute atomic E-state index is 12.1. The van der Waals surface area contributed by atoms with Gasteiger partial charge in [-0.3, -0.25) is 9.59 Å². The summed E-state index contributed by atoms with van der Waals surface area (Å²) in [5.41, 5.74) is 2.59. The summed E-state index contributed by atoms with van der Waals surface area (Å²) < 4.78 is 0. The Labute approximate surface area is 118 Å². The summed E-state index contributed by atoms with van der Waals surface area (Å²) in [4.78, 5) is 23.9. The number of ketones is 2. The number of Topliss-reactive ketones (excluding diaryl/α,β-unsaturated/α-hetero) is 2. The van der Waals surface area contributed by atoms with Gasteiger partial charge in [-0.2, -0.15) is 0 Å². The number of rotatable bonds is 8. The largest absolute Gasteiger partial charge is 0.295 e. The average molecular weight is 264 g/mol. The van der Waals surface area contributed by atoms with Crippen LogP contribution in [0.2, 0.25) is 0 Å². The van der Waals surface area contributed by atoms with Crippen LogP contribution >= 0.6 is 0 Å². The van der Waals surface area contributed by atoms with Gasteiger partial charge in [-0.15, -0.1) is 0 Å². The molecule has 0 saturated carbocycles. The molecule has 0 aromatic rings. The standard InChI is InChI=1S/C17H28O2/c1-7-9-15(14(6)17(19)12(3)4)11-13(5)16(18)10-8-2/h11-12H,7-10H2,1-6H3/b13-11+,15-14-. The van der Waals surface area contributed by atoms with Crippen LogP contribution in [0, 0.1) is 5.92 Å². The molecule has 0 atom stereocenters. The summed E-state index contributed by atoms with van der Waals surface area (Å²) in [5.74, 6) is 0.364. The van der Waals surface area contributed by atoms with E-state index in [9.17, 15) is 9.59 Å². The van der Waals surface area contributed by atoms with E-state index in [0.29, 0.717) is 6.42 Å². The van der Waals surface area contributed by atoms with Crippen molar-refractivity contribution >= 4 is 11.6 Å². The zero-order valence-electron chi connectivity index (χ0n) is 13.3. The molecule has 2 heteroatoms. The Morgan fingerprint density at radius 2 is 1.53 bits per heavy atom. The van der Waals surface area contributed by atoms with Crippen LogP contribution in [0.25, 0.3) is 0 Å². The van der Waals surface area contributed by atoms with Gasteiger partial charge in [0.2, 0.25) is 0 Å². The van der Waals surface area contributed by atoms with Crippen LogP contribution in [-0.4, -0.2) is 11.6 Å². The maximum atomic E-state index is 12.1. The smallest absolute Gasteiger partial charge is 0.161 e. The highest BCUT2D eigenvalue weighted by atomic mass is 16.1. The first kappa shape index (κ1) is 17.8. The molecule has 0 aromatic carbocycles. The number of carbonyl (C=O) groups excluding carboxylic acids is 2. The van der Waals surface area contributed by atoms with Gasteiger partial charge < -0.3 is 0 Å². The van der Waals surface area contributed by atoms with Crippen LogP contribution < -0.4 is 0 Å². The molecule has 0 aliphatic carbocycles. The summed E-state index contributed by atoms with van der Waals surface area (Å²) in [5, 5.41) is 0. The number of carbonyl (C=O) groups is 2. The fourth-order valence-corrected chi connectivity index (χ4v) is 1.99. The molecule has 0 saturated heterocycles. The van der Waals surface area contributed by atoms with Gasteiger partial charge in [-0.1, -0.05) is 40.2 Å². The molecule has 108 valence electrons. The van der Waals surface area contributed by atoms with Gasteiger partial charge in [0.25, 0.3) is 0 Å². The van der Waals surface area contributed by atoms with Crippen LogP contribution in [0.15, 0.2) is 22.8 Å². The van der Waals surface area contributed by atoms with E-state index in [-0.39, 0.29) is 17.5 Å². The van der Waals surface area contributed by atoms with Crippen LogP contribution in [0.4, 0.5) is 0 Å². The van der Waals surface area contributed by atoms with Gasteiger partial charge in [-0.25, -0.2) is 0 Å². The lowest BCUT2D eigenvalue weighted by atomic mass is 9.93. The molecule has 0 heterocycles. The van der Waals surface area contributed by atoms with Gasteiger partial charge in [0.15, 0.2) is 11.6 Å². The SMILES string of the molecule is CCCC(=O)/C(C)=C/C(CCC)=C(/C)C(=O)C(C)C. The minimum absolute atomic E-state index is 0.00639. The van der Waals surface area contributed by atoms with E-state index < -0.39 is 0 Å². The van der Waals surface area contributed by atoms with E-state index in [1.165, 1.54) is 0 Å². The van der Waals surface area contributed by atoms with Crippen molar-refractivity contribution in [3.63, 3.8) is 0 Å². The van der Waals surface area contributed by atoms with E-state index in [1.807, 2.05) is 40.7 Å². The number of hydrogen-bond donors (Lipinski definition) is 0. The molecule has 0 bridgehead atoms. The van der Waals surface area contributed by atoms with E-state index in [1.54, 1.807) is 0 Å². The maximum Gasteiger partial charge on any atom is 0.161 e. The summed E-state index contributed by atoms with van der Waals surface area (Å²) >= 11 is 0. The minimum atomic E-state index is 0.00639. The molecular weight excluding hydrogens is 236 g/mol. The first-order valence-corrected chi connectivity index (χ1v) is 7.30. The molecular formula is C17H28O2. The van der Waals surface area contributed by atoms with Gasteiger partial charge in [-0.05, 0) is 43.4 Å². The van der Waals surface area contributed by atoms with E-state index in [4.69, 9.17) is 0 Å². The highest BCUT2D eigenvalue weighted by Gasteiger charge is 2.13. The van der Waals surface area contributed by atoms with Crippen molar-refractivity contribution in [2.45, 2.75) is 67.2 Å². The molecule has 0 fully saturated rings. The second kappa shape index (κ2) is 8.84. The summed E-state index contributed by atoms with van der Waals surface area (Å²) in [6, 6.07) is 0. The summed E-state index contributed by atoms with van der Waals surface area (Å²) in [6.07, 6.45) is 5.18. The lowest BCUT2D eigenvalue weighted by molar-refractivity contribution is -0.118. The summed E-state index contributed by atoms with van der Waals surface area (Å²) in [6.45, 7) is 11.6. The van der Waals surface area contributed by atoms with Gasteiger partial charge in [0.1, 0.15) is 0 Å². The lowest BCUT2D eigenvalue weighted by Gasteiger charge is -2.10. The molecule has 0 radical (unpaired) electrons. The van der Waals surface area contributed by atoms with Crippen LogP contribution in [0.5, 0.6) is 0 Å². The molecule has 0 amide bonds. The highest BCUT2D eigenvalue weighted by Crippen LogP contribution is 2.19. The Hall–Kier alpha value is -1.18. The molecule has 0 aromatic heterocycles. The van der Waals surface area contributed by atoms with Crippen molar-refractivity contribution in [1.29, 1.82) is 0 Å². The van der Waals surface area contributed by atoms with E-state index in [0.717, 1.165) is 36.0 Å². The van der Waals surface area contributed by atoms with Gasteiger partial charge >= 0.3 is 0 Å². The van der Waals surface area contributed by atoms with Crippen LogP contribution in [0.1, 0.15) is 67.2 Å². The minimum Gasteiger partial charge on any atom is -0.295 e. The van der Waals surface area contributed by atoms with Crippen molar-refractivity contribution in [2.75, 3.05) is 0 Å². The van der Waals surface area contributed by atoms with Crippen molar-refractivity contribution in [1.82, 2.24) is 0 Å². The van der Waals surface area contributed by atoms with Crippen molar-refractivity contribution in [3.8, 4) is 0 Å². The van der Waals surface area contributed by atoms with Crippen molar-refractivity contribution in [3.05, 3.63) is 22.8 Å². The predicted molar refractivity (Wildman–Crippen MR) is 81.1 cm³/mol. The van der Waals surface area contributed by atoms with Gasteiger partial charge in [0, 0.05) is 12.3 Å². The Morgan fingerprint density at radius 1 is 1.00 bits per heavy atom. The van der Waals surface area contributed by atoms with E-state index >= 15 is 0 Å². The molecule has 0 spiro atoms.